The first-order valence-corrected chi connectivity index (χ1v) is 6.14. The minimum Gasteiger partial charge on any atom is -0.144 e. The maximum absolute atomic E-state index is 6.40. The summed E-state index contributed by atoms with van der Waals surface area (Å²) in [6.07, 6.45) is 2.34. The fourth-order valence-electron chi connectivity index (χ4n) is 1.54. The Morgan fingerprint density at radius 1 is 1.31 bits per heavy atom. The van der Waals surface area contributed by atoms with Crippen LogP contribution in [0.5, 0.6) is 0 Å². The minimum absolute atomic E-state index is 0.216. The molecule has 0 spiro atoms. The van der Waals surface area contributed by atoms with Gasteiger partial charge < -0.3 is 0 Å². The lowest BCUT2D eigenvalue weighted by atomic mass is 9.98. The Balaban J connectivity index is 2.71. The van der Waals surface area contributed by atoms with E-state index in [4.69, 9.17) is 11.6 Å². The number of rotatable bonds is 4. The molecule has 2 heteroatoms. The van der Waals surface area contributed by atoms with Crippen LogP contribution in [0.2, 0.25) is 0 Å². The van der Waals surface area contributed by atoms with E-state index in [0.29, 0.717) is 5.92 Å². The summed E-state index contributed by atoms with van der Waals surface area (Å²) < 4.78 is 0. The van der Waals surface area contributed by atoms with Gasteiger partial charge in [-0.15, -0.1) is 22.9 Å². The standard InChI is InChI=1S/C11H17ClS/c1-4-9(5-2)11(12)10-7-6-8(3)13-10/h6-7,9,11H,4-5H2,1-3H3. The van der Waals surface area contributed by atoms with E-state index < -0.39 is 0 Å². The molecule has 1 heterocycles. The number of halogens is 1. The summed E-state index contributed by atoms with van der Waals surface area (Å²) in [5, 5.41) is 0.216. The topological polar surface area (TPSA) is 0 Å². The van der Waals surface area contributed by atoms with Crippen LogP contribution in [0.4, 0.5) is 0 Å². The Kier molecular flexibility index (Phi) is 4.27. The van der Waals surface area contributed by atoms with Crippen molar-refractivity contribution in [1.82, 2.24) is 0 Å². The van der Waals surface area contributed by atoms with Crippen LogP contribution in [0.1, 0.15) is 41.8 Å². The predicted molar refractivity (Wildman–Crippen MR) is 61.7 cm³/mol. The van der Waals surface area contributed by atoms with Gasteiger partial charge in [0.15, 0.2) is 0 Å². The summed E-state index contributed by atoms with van der Waals surface area (Å²) in [6.45, 7) is 6.55. The summed E-state index contributed by atoms with van der Waals surface area (Å²) in [5.41, 5.74) is 0. The number of hydrogen-bond donors (Lipinski definition) is 0. The normalized spacial score (nSPS) is 13.6. The lowest BCUT2D eigenvalue weighted by molar-refractivity contribution is 0.479. The average molecular weight is 217 g/mol. The Morgan fingerprint density at radius 3 is 2.31 bits per heavy atom. The summed E-state index contributed by atoms with van der Waals surface area (Å²) in [6, 6.07) is 4.31. The molecule has 0 amide bonds. The zero-order valence-electron chi connectivity index (χ0n) is 8.51. The summed E-state index contributed by atoms with van der Waals surface area (Å²) in [5.74, 6) is 0.625. The summed E-state index contributed by atoms with van der Waals surface area (Å²) in [4.78, 5) is 2.68. The quantitative estimate of drug-likeness (QED) is 0.636. The van der Waals surface area contributed by atoms with E-state index in [1.165, 1.54) is 22.6 Å². The van der Waals surface area contributed by atoms with Crippen molar-refractivity contribution < 1.29 is 0 Å². The summed E-state index contributed by atoms with van der Waals surface area (Å²) >= 11 is 8.22. The molecule has 0 aliphatic heterocycles. The Hall–Kier alpha value is -0.0100. The van der Waals surface area contributed by atoms with Crippen LogP contribution in [-0.2, 0) is 0 Å². The molecular weight excluding hydrogens is 200 g/mol. The van der Waals surface area contributed by atoms with Crippen molar-refractivity contribution in [3.05, 3.63) is 21.9 Å². The van der Waals surface area contributed by atoms with Crippen LogP contribution >= 0.6 is 22.9 Å². The van der Waals surface area contributed by atoms with Gasteiger partial charge in [0.05, 0.1) is 5.38 Å². The first-order valence-electron chi connectivity index (χ1n) is 4.89. The molecule has 1 rings (SSSR count). The number of hydrogen-bond acceptors (Lipinski definition) is 1. The molecule has 0 radical (unpaired) electrons. The smallest absolute Gasteiger partial charge is 0.0706 e. The van der Waals surface area contributed by atoms with Crippen LogP contribution < -0.4 is 0 Å². The van der Waals surface area contributed by atoms with Crippen molar-refractivity contribution >= 4 is 22.9 Å². The van der Waals surface area contributed by atoms with Crippen molar-refractivity contribution in [3.63, 3.8) is 0 Å². The molecule has 1 unspecified atom stereocenters. The second kappa shape index (κ2) is 5.02. The van der Waals surface area contributed by atoms with Gasteiger partial charge in [0, 0.05) is 9.75 Å². The molecule has 13 heavy (non-hydrogen) atoms. The van der Waals surface area contributed by atoms with Gasteiger partial charge in [-0.1, -0.05) is 26.7 Å². The van der Waals surface area contributed by atoms with Crippen molar-refractivity contribution in [2.24, 2.45) is 5.92 Å². The van der Waals surface area contributed by atoms with Crippen LogP contribution in [0.25, 0.3) is 0 Å². The highest BCUT2D eigenvalue weighted by Gasteiger charge is 2.18. The molecule has 0 fully saturated rings. The van der Waals surface area contributed by atoms with E-state index in [1.54, 1.807) is 0 Å². The third kappa shape index (κ3) is 2.72. The molecule has 1 aromatic heterocycles. The maximum atomic E-state index is 6.40. The molecule has 0 bridgehead atoms. The molecule has 0 nitrogen and oxygen atoms in total. The van der Waals surface area contributed by atoms with Crippen LogP contribution in [-0.4, -0.2) is 0 Å². The van der Waals surface area contributed by atoms with Gasteiger partial charge in [-0.2, -0.15) is 0 Å². The number of thiophene rings is 1. The molecule has 0 aliphatic rings. The molecule has 0 aliphatic carbocycles. The minimum atomic E-state index is 0.216. The van der Waals surface area contributed by atoms with Crippen LogP contribution in [0, 0.1) is 12.8 Å². The molecule has 1 atom stereocenters. The summed E-state index contributed by atoms with van der Waals surface area (Å²) in [7, 11) is 0. The Morgan fingerprint density at radius 2 is 1.92 bits per heavy atom. The molecule has 1 aromatic rings. The van der Waals surface area contributed by atoms with Gasteiger partial charge in [-0.05, 0) is 25.0 Å². The van der Waals surface area contributed by atoms with E-state index in [1.807, 2.05) is 11.3 Å². The van der Waals surface area contributed by atoms with Gasteiger partial charge in [0.2, 0.25) is 0 Å². The van der Waals surface area contributed by atoms with Crippen molar-refractivity contribution in [2.75, 3.05) is 0 Å². The molecule has 0 saturated heterocycles. The zero-order valence-corrected chi connectivity index (χ0v) is 10.1. The van der Waals surface area contributed by atoms with Gasteiger partial charge in [0.25, 0.3) is 0 Å². The highest BCUT2D eigenvalue weighted by molar-refractivity contribution is 7.12. The lowest BCUT2D eigenvalue weighted by Gasteiger charge is -2.17. The first kappa shape index (κ1) is 11.1. The fourth-order valence-corrected chi connectivity index (χ4v) is 3.05. The van der Waals surface area contributed by atoms with Gasteiger partial charge in [-0.25, -0.2) is 0 Å². The van der Waals surface area contributed by atoms with E-state index in [0.717, 1.165) is 0 Å². The van der Waals surface area contributed by atoms with E-state index in [2.05, 4.69) is 32.9 Å². The fraction of sp³-hybridized carbons (Fsp3) is 0.636. The van der Waals surface area contributed by atoms with Gasteiger partial charge in [0.1, 0.15) is 0 Å². The van der Waals surface area contributed by atoms with Crippen molar-refractivity contribution in [1.29, 1.82) is 0 Å². The van der Waals surface area contributed by atoms with Crippen molar-refractivity contribution in [2.45, 2.75) is 39.0 Å². The SMILES string of the molecule is CCC(CC)C(Cl)c1ccc(C)s1. The van der Waals surface area contributed by atoms with Gasteiger partial charge >= 0.3 is 0 Å². The Bertz CT molecular complexity index is 250. The molecule has 74 valence electrons. The van der Waals surface area contributed by atoms with Crippen LogP contribution in [0.15, 0.2) is 12.1 Å². The van der Waals surface area contributed by atoms with E-state index >= 15 is 0 Å². The number of aryl methyl sites for hydroxylation is 1. The third-order valence-electron chi connectivity index (χ3n) is 2.50. The Labute approximate surface area is 89.9 Å². The molecule has 0 N–H and O–H groups in total. The average Bonchev–Trinajstić information content (AvgIpc) is 2.54. The lowest BCUT2D eigenvalue weighted by Crippen LogP contribution is -2.03. The third-order valence-corrected chi connectivity index (χ3v) is 4.30. The van der Waals surface area contributed by atoms with Gasteiger partial charge in [-0.3, -0.25) is 0 Å². The largest absolute Gasteiger partial charge is 0.144 e. The first-order chi connectivity index (χ1) is 6.19. The second-order valence-electron chi connectivity index (χ2n) is 3.43. The monoisotopic (exact) mass is 216 g/mol. The molecule has 0 saturated carbocycles. The van der Waals surface area contributed by atoms with E-state index in [-0.39, 0.29) is 5.38 Å². The maximum Gasteiger partial charge on any atom is 0.0706 e. The second-order valence-corrected chi connectivity index (χ2v) is 5.22. The highest BCUT2D eigenvalue weighted by Crippen LogP contribution is 2.36. The highest BCUT2D eigenvalue weighted by atomic mass is 35.5. The molecular formula is C11H17ClS. The van der Waals surface area contributed by atoms with E-state index in [9.17, 15) is 0 Å². The number of alkyl halides is 1. The zero-order chi connectivity index (χ0) is 9.84. The predicted octanol–water partition coefficient (Wildman–Crippen LogP) is 4.77. The molecule has 0 aromatic carbocycles. The van der Waals surface area contributed by atoms with Crippen LogP contribution in [0.3, 0.4) is 0 Å². The van der Waals surface area contributed by atoms with Crippen molar-refractivity contribution in [3.8, 4) is 0 Å².